The van der Waals surface area contributed by atoms with Gasteiger partial charge < -0.3 is 10.6 Å². The van der Waals surface area contributed by atoms with Crippen LogP contribution in [0.5, 0.6) is 0 Å². The van der Waals surface area contributed by atoms with Gasteiger partial charge in [-0.2, -0.15) is 0 Å². The second kappa shape index (κ2) is 5.02. The van der Waals surface area contributed by atoms with Crippen molar-refractivity contribution in [3.8, 4) is 0 Å². The zero-order valence-corrected chi connectivity index (χ0v) is 12.2. The lowest BCUT2D eigenvalue weighted by molar-refractivity contribution is 0.597. The van der Waals surface area contributed by atoms with Gasteiger partial charge in [0.05, 0.1) is 5.69 Å². The molecule has 0 unspecified atom stereocenters. The van der Waals surface area contributed by atoms with Crippen molar-refractivity contribution < 1.29 is 8.42 Å². The number of nitrogen functional groups attached to an aromatic ring is 1. The fourth-order valence-electron chi connectivity index (χ4n) is 2.22. The maximum Gasteiger partial charge on any atom is 0.240 e. The lowest BCUT2D eigenvalue weighted by atomic mass is 10.1. The molecule has 106 valence electrons. The highest BCUT2D eigenvalue weighted by Gasteiger charge is 2.30. The van der Waals surface area contributed by atoms with Gasteiger partial charge in [0, 0.05) is 18.3 Å². The summed E-state index contributed by atoms with van der Waals surface area (Å²) in [4.78, 5) is 2.30. The molecule has 19 heavy (non-hydrogen) atoms. The number of primary sulfonamides is 1. The largest absolute Gasteiger partial charge is 0.398 e. The number of rotatable bonds is 5. The van der Waals surface area contributed by atoms with Gasteiger partial charge >= 0.3 is 0 Å². The minimum Gasteiger partial charge on any atom is -0.398 e. The Morgan fingerprint density at radius 2 is 2.00 bits per heavy atom. The smallest absolute Gasteiger partial charge is 0.240 e. The van der Waals surface area contributed by atoms with Gasteiger partial charge in [0.2, 0.25) is 10.0 Å². The van der Waals surface area contributed by atoms with E-state index in [2.05, 4.69) is 18.7 Å². The van der Waals surface area contributed by atoms with Crippen LogP contribution in [0, 0.1) is 5.92 Å². The molecule has 1 fully saturated rings. The molecule has 1 aromatic carbocycles. The van der Waals surface area contributed by atoms with Crippen LogP contribution in [0.1, 0.15) is 26.7 Å². The predicted molar refractivity (Wildman–Crippen MR) is 77.4 cm³/mol. The van der Waals surface area contributed by atoms with Crippen molar-refractivity contribution in [1.82, 2.24) is 0 Å². The molecule has 1 aliphatic rings. The standard InChI is InChI=1S/C13H21N3O2S/c1-9(2)8-16(10-3-4-10)11-5-6-13(12(14)7-11)19(15,17)18/h5-7,9-10H,3-4,8,14H2,1-2H3,(H2,15,17,18). The van der Waals surface area contributed by atoms with Crippen molar-refractivity contribution >= 4 is 21.4 Å². The van der Waals surface area contributed by atoms with Crippen molar-refractivity contribution in [1.29, 1.82) is 0 Å². The Hall–Kier alpha value is -1.27. The summed E-state index contributed by atoms with van der Waals surface area (Å²) in [6, 6.07) is 5.55. The molecule has 0 heterocycles. The normalized spacial score (nSPS) is 15.8. The van der Waals surface area contributed by atoms with Crippen LogP contribution in [0.25, 0.3) is 0 Å². The number of nitrogens with zero attached hydrogens (tertiary/aromatic N) is 1. The molecule has 2 rings (SSSR count). The van der Waals surface area contributed by atoms with E-state index in [9.17, 15) is 8.42 Å². The third kappa shape index (κ3) is 3.39. The third-order valence-corrected chi connectivity index (χ3v) is 4.17. The van der Waals surface area contributed by atoms with E-state index in [0.717, 1.165) is 12.2 Å². The first-order valence-corrected chi connectivity index (χ1v) is 8.02. The SMILES string of the molecule is CC(C)CN(c1ccc(S(N)(=O)=O)c(N)c1)C1CC1. The second-order valence-corrected chi connectivity index (χ2v) is 7.07. The molecule has 0 spiro atoms. The second-order valence-electron chi connectivity index (χ2n) is 5.54. The molecule has 0 aliphatic heterocycles. The van der Waals surface area contributed by atoms with Crippen molar-refractivity contribution in [3.63, 3.8) is 0 Å². The molecule has 1 saturated carbocycles. The average molecular weight is 283 g/mol. The van der Waals surface area contributed by atoms with Crippen LogP contribution in [0.15, 0.2) is 23.1 Å². The lowest BCUT2D eigenvalue weighted by Crippen LogP contribution is -2.30. The molecule has 6 heteroatoms. The predicted octanol–water partition coefficient (Wildman–Crippen LogP) is 1.54. The molecule has 5 nitrogen and oxygen atoms in total. The van der Waals surface area contributed by atoms with E-state index in [4.69, 9.17) is 10.9 Å². The first kappa shape index (κ1) is 14.1. The van der Waals surface area contributed by atoms with E-state index in [1.54, 1.807) is 12.1 Å². The minimum absolute atomic E-state index is 0.00320. The van der Waals surface area contributed by atoms with E-state index in [1.807, 2.05) is 0 Å². The van der Waals surface area contributed by atoms with Crippen molar-refractivity contribution in [2.75, 3.05) is 17.2 Å². The van der Waals surface area contributed by atoms with E-state index in [-0.39, 0.29) is 10.6 Å². The molecule has 0 amide bonds. The molecule has 0 aromatic heterocycles. The van der Waals surface area contributed by atoms with Crippen molar-refractivity contribution in [2.45, 2.75) is 37.6 Å². The number of nitrogens with two attached hydrogens (primary N) is 2. The van der Waals surface area contributed by atoms with Crippen molar-refractivity contribution in [2.24, 2.45) is 11.1 Å². The highest BCUT2D eigenvalue weighted by atomic mass is 32.2. The molecular formula is C13H21N3O2S. The fraction of sp³-hybridized carbons (Fsp3) is 0.538. The highest BCUT2D eigenvalue weighted by molar-refractivity contribution is 7.89. The van der Waals surface area contributed by atoms with Crippen LogP contribution in [0.2, 0.25) is 0 Å². The van der Waals surface area contributed by atoms with Gasteiger partial charge in [-0.1, -0.05) is 13.8 Å². The van der Waals surface area contributed by atoms with Crippen molar-refractivity contribution in [3.05, 3.63) is 18.2 Å². The zero-order valence-electron chi connectivity index (χ0n) is 11.3. The quantitative estimate of drug-likeness (QED) is 0.802. The number of anilines is 2. The monoisotopic (exact) mass is 283 g/mol. The Morgan fingerprint density at radius 1 is 1.37 bits per heavy atom. The summed E-state index contributed by atoms with van der Waals surface area (Å²) in [5, 5.41) is 5.12. The van der Waals surface area contributed by atoms with Gasteiger partial charge in [-0.05, 0) is 37.0 Å². The van der Waals surface area contributed by atoms with E-state index in [0.29, 0.717) is 12.0 Å². The Labute approximate surface area is 114 Å². The van der Waals surface area contributed by atoms with Crippen LogP contribution in [-0.4, -0.2) is 21.0 Å². The summed E-state index contributed by atoms with van der Waals surface area (Å²) in [5.41, 5.74) is 7.00. The van der Waals surface area contributed by atoms with E-state index >= 15 is 0 Å². The summed E-state index contributed by atoms with van der Waals surface area (Å²) < 4.78 is 22.7. The summed E-state index contributed by atoms with van der Waals surface area (Å²) in [5.74, 6) is 0.541. The maximum atomic E-state index is 11.3. The topological polar surface area (TPSA) is 89.4 Å². The first-order chi connectivity index (χ1) is 8.79. The number of hydrogen-bond acceptors (Lipinski definition) is 4. The molecule has 4 N–H and O–H groups in total. The van der Waals surface area contributed by atoms with E-state index < -0.39 is 10.0 Å². The first-order valence-electron chi connectivity index (χ1n) is 6.48. The molecule has 0 saturated heterocycles. The molecule has 0 atom stereocenters. The summed E-state index contributed by atoms with van der Waals surface area (Å²) in [6.07, 6.45) is 2.37. The lowest BCUT2D eigenvalue weighted by Gasteiger charge is -2.27. The fourth-order valence-corrected chi connectivity index (χ4v) is 2.86. The maximum absolute atomic E-state index is 11.3. The zero-order chi connectivity index (χ0) is 14.2. The third-order valence-electron chi connectivity index (χ3n) is 3.18. The van der Waals surface area contributed by atoms with Crippen LogP contribution < -0.4 is 15.8 Å². The highest BCUT2D eigenvalue weighted by Crippen LogP contribution is 2.34. The van der Waals surface area contributed by atoms with Gasteiger partial charge in [0.25, 0.3) is 0 Å². The Morgan fingerprint density at radius 3 is 2.42 bits per heavy atom. The van der Waals surface area contributed by atoms with Crippen LogP contribution in [0.4, 0.5) is 11.4 Å². The van der Waals surface area contributed by atoms with Crippen LogP contribution in [-0.2, 0) is 10.0 Å². The number of hydrogen-bond donors (Lipinski definition) is 2. The molecule has 1 aliphatic carbocycles. The van der Waals surface area contributed by atoms with Gasteiger partial charge in [-0.15, -0.1) is 0 Å². The minimum atomic E-state index is -3.75. The van der Waals surface area contributed by atoms with Crippen LogP contribution in [0.3, 0.4) is 0 Å². The Balaban J connectivity index is 2.32. The van der Waals surface area contributed by atoms with Gasteiger partial charge in [0.1, 0.15) is 4.90 Å². The summed E-state index contributed by atoms with van der Waals surface area (Å²) >= 11 is 0. The average Bonchev–Trinajstić information content (AvgIpc) is 3.07. The number of benzene rings is 1. The van der Waals surface area contributed by atoms with Gasteiger partial charge in [0.15, 0.2) is 0 Å². The Bertz CT molecular complexity index is 565. The van der Waals surface area contributed by atoms with Crippen LogP contribution >= 0.6 is 0 Å². The Kier molecular flexibility index (Phi) is 3.73. The molecule has 0 radical (unpaired) electrons. The molecular weight excluding hydrogens is 262 g/mol. The molecule has 0 bridgehead atoms. The van der Waals surface area contributed by atoms with Gasteiger partial charge in [-0.3, -0.25) is 0 Å². The number of sulfonamides is 1. The van der Waals surface area contributed by atoms with Gasteiger partial charge in [-0.25, -0.2) is 13.6 Å². The summed E-state index contributed by atoms with van der Waals surface area (Å²) in [6.45, 7) is 5.27. The molecule has 1 aromatic rings. The summed E-state index contributed by atoms with van der Waals surface area (Å²) in [7, 11) is -3.75. The van der Waals surface area contributed by atoms with E-state index in [1.165, 1.54) is 18.9 Å².